The lowest BCUT2D eigenvalue weighted by Crippen LogP contribution is -2.46. The molecule has 1 fully saturated rings. The summed E-state index contributed by atoms with van der Waals surface area (Å²) in [6, 6.07) is 25.7. The molecule has 12 heteroatoms. The Labute approximate surface area is 325 Å². The zero-order chi connectivity index (χ0) is 39.2. The lowest BCUT2D eigenvalue weighted by atomic mass is 10.1. The number of benzene rings is 4. The summed E-state index contributed by atoms with van der Waals surface area (Å²) in [6.45, 7) is 5.48. The second-order valence-electron chi connectivity index (χ2n) is 14.6. The summed E-state index contributed by atoms with van der Waals surface area (Å²) in [7, 11) is 4.01. The molecule has 7 rings (SSSR count). The molecular formula is C44H47FN8O3. The number of nitrogen functional groups attached to an aromatic ring is 1. The first-order valence-electron chi connectivity index (χ1n) is 19.0. The van der Waals surface area contributed by atoms with Crippen molar-refractivity contribution in [1.29, 1.82) is 0 Å². The molecule has 1 aromatic heterocycles. The number of piperazine rings is 1. The Hall–Kier alpha value is -6.11. The summed E-state index contributed by atoms with van der Waals surface area (Å²) in [4.78, 5) is 49.8. The van der Waals surface area contributed by atoms with Gasteiger partial charge >= 0.3 is 0 Å². The normalized spacial score (nSPS) is 15.2. The van der Waals surface area contributed by atoms with Gasteiger partial charge in [0.1, 0.15) is 11.6 Å². The maximum atomic E-state index is 15.6. The predicted octanol–water partition coefficient (Wildman–Crippen LogP) is 5.72. The monoisotopic (exact) mass is 754 g/mol. The number of allylic oxidation sites excluding steroid dienone is 1. The Morgan fingerprint density at radius 3 is 2.39 bits per heavy atom. The van der Waals surface area contributed by atoms with E-state index in [2.05, 4.69) is 32.6 Å². The Morgan fingerprint density at radius 1 is 0.929 bits per heavy atom. The Kier molecular flexibility index (Phi) is 11.7. The van der Waals surface area contributed by atoms with Gasteiger partial charge in [-0.15, -0.1) is 0 Å². The van der Waals surface area contributed by atoms with Crippen molar-refractivity contribution in [2.24, 2.45) is 0 Å². The van der Waals surface area contributed by atoms with Crippen LogP contribution in [0.15, 0.2) is 95.8 Å². The van der Waals surface area contributed by atoms with Crippen LogP contribution >= 0.6 is 0 Å². The van der Waals surface area contributed by atoms with Gasteiger partial charge in [-0.05, 0) is 104 Å². The van der Waals surface area contributed by atoms with E-state index in [0.29, 0.717) is 66.6 Å². The first-order chi connectivity index (χ1) is 27.1. The molecule has 4 aromatic carbocycles. The Morgan fingerprint density at radius 2 is 1.66 bits per heavy atom. The fraction of sp³-hybridized carbons (Fsp3) is 0.273. The van der Waals surface area contributed by atoms with E-state index in [1.807, 2.05) is 73.6 Å². The van der Waals surface area contributed by atoms with Gasteiger partial charge < -0.3 is 26.2 Å². The largest absolute Gasteiger partial charge is 0.397 e. The summed E-state index contributed by atoms with van der Waals surface area (Å²) >= 11 is 0. The van der Waals surface area contributed by atoms with Gasteiger partial charge in [0.2, 0.25) is 5.91 Å². The maximum absolute atomic E-state index is 15.6. The van der Waals surface area contributed by atoms with Gasteiger partial charge in [-0.3, -0.25) is 23.9 Å². The van der Waals surface area contributed by atoms with Crippen LogP contribution in [-0.4, -0.2) is 84.5 Å². The maximum Gasteiger partial charge on any atom is 0.261 e. The molecule has 56 heavy (non-hydrogen) atoms. The Balaban J connectivity index is 0.968. The fourth-order valence-corrected chi connectivity index (χ4v) is 7.13. The zero-order valence-electron chi connectivity index (χ0n) is 31.8. The number of carbonyl (C=O) groups is 2. The number of hydrogen-bond acceptors (Lipinski definition) is 8. The molecule has 3 heterocycles. The minimum absolute atomic E-state index is 0.104. The van der Waals surface area contributed by atoms with Gasteiger partial charge in [-0.1, -0.05) is 48.5 Å². The number of rotatable bonds is 12. The predicted molar refractivity (Wildman–Crippen MR) is 223 cm³/mol. The second kappa shape index (κ2) is 17.1. The molecule has 11 nitrogen and oxygen atoms in total. The third-order valence-corrected chi connectivity index (χ3v) is 10.2. The van der Waals surface area contributed by atoms with Crippen molar-refractivity contribution in [3.8, 4) is 0 Å². The molecule has 0 aliphatic carbocycles. The van der Waals surface area contributed by atoms with Crippen LogP contribution in [0.2, 0.25) is 0 Å². The lowest BCUT2D eigenvalue weighted by Gasteiger charge is -2.36. The number of amides is 2. The molecule has 0 bridgehead atoms. The zero-order valence-corrected chi connectivity index (χ0v) is 31.8. The van der Waals surface area contributed by atoms with Crippen LogP contribution in [0.25, 0.3) is 28.6 Å². The fourth-order valence-electron chi connectivity index (χ4n) is 7.13. The average molecular weight is 755 g/mol. The summed E-state index contributed by atoms with van der Waals surface area (Å²) in [5, 5.41) is 6.03. The number of fused-ring (bicyclic) bond motifs is 2. The van der Waals surface area contributed by atoms with Crippen molar-refractivity contribution in [1.82, 2.24) is 24.7 Å². The highest BCUT2D eigenvalue weighted by molar-refractivity contribution is 6.03. The standard InChI is InChI=1S/C44H47FN8O3/c1-50(2)20-5-19-47-43(55)33-15-12-31(13-16-33)26-34-18-21-53-42(34)49-39-28-40(36(45)27-35(39)44(53)56)52-24-22-51(23-25-52)29-32-10-8-30(9-11-32)14-17-41(54)48-38-7-4-3-6-37(38)46/h3-4,6-17,26-28H,5,18-25,29,46H2,1-2H3,(H,47,55)(H,48,54)/b17-14+,34-26+. The number of anilines is 3. The molecule has 288 valence electrons. The second-order valence-corrected chi connectivity index (χ2v) is 14.6. The summed E-state index contributed by atoms with van der Waals surface area (Å²) < 4.78 is 17.2. The highest BCUT2D eigenvalue weighted by Gasteiger charge is 2.25. The van der Waals surface area contributed by atoms with E-state index >= 15 is 4.39 Å². The third-order valence-electron chi connectivity index (χ3n) is 10.2. The molecule has 0 unspecified atom stereocenters. The number of para-hydroxylation sites is 2. The SMILES string of the molecule is CN(C)CCCNC(=O)c1ccc(/C=C2\CCn3c2nc2cc(N4CCN(Cc5ccc(/C=C/C(=O)Nc6ccccc6N)cc5)CC4)c(F)cc2c3=O)cc1. The molecule has 5 aromatic rings. The summed E-state index contributed by atoms with van der Waals surface area (Å²) in [5.74, 6) is -0.192. The smallest absolute Gasteiger partial charge is 0.261 e. The van der Waals surface area contributed by atoms with E-state index in [1.165, 1.54) is 12.1 Å². The van der Waals surface area contributed by atoms with Crippen LogP contribution in [0.1, 0.15) is 45.7 Å². The Bertz CT molecular complexity index is 2340. The van der Waals surface area contributed by atoms with Crippen molar-refractivity contribution < 1.29 is 14.0 Å². The molecule has 0 radical (unpaired) electrons. The van der Waals surface area contributed by atoms with E-state index < -0.39 is 5.82 Å². The van der Waals surface area contributed by atoms with Gasteiger partial charge in [0.15, 0.2) is 0 Å². The molecular weight excluding hydrogens is 708 g/mol. The first-order valence-corrected chi connectivity index (χ1v) is 19.0. The number of hydrogen-bond donors (Lipinski definition) is 3. The molecule has 0 atom stereocenters. The average Bonchev–Trinajstić information content (AvgIpc) is 3.60. The summed E-state index contributed by atoms with van der Waals surface area (Å²) in [6.07, 6.45) is 6.76. The van der Waals surface area contributed by atoms with E-state index in [0.717, 1.165) is 54.9 Å². The number of halogens is 1. The van der Waals surface area contributed by atoms with Crippen LogP contribution in [0.4, 0.5) is 21.5 Å². The van der Waals surface area contributed by atoms with Crippen molar-refractivity contribution in [2.45, 2.75) is 25.9 Å². The molecule has 1 saturated heterocycles. The van der Waals surface area contributed by atoms with Gasteiger partial charge in [0.05, 0.1) is 28.0 Å². The van der Waals surface area contributed by atoms with E-state index in [-0.39, 0.29) is 22.8 Å². The molecule has 2 aliphatic rings. The van der Waals surface area contributed by atoms with E-state index in [4.69, 9.17) is 10.7 Å². The van der Waals surface area contributed by atoms with Gasteiger partial charge in [0, 0.05) is 57.5 Å². The van der Waals surface area contributed by atoms with Gasteiger partial charge in [0.25, 0.3) is 11.5 Å². The van der Waals surface area contributed by atoms with E-state index in [1.54, 1.807) is 28.8 Å². The van der Waals surface area contributed by atoms with Crippen LogP contribution in [0.3, 0.4) is 0 Å². The van der Waals surface area contributed by atoms with Crippen LogP contribution in [-0.2, 0) is 17.9 Å². The highest BCUT2D eigenvalue weighted by atomic mass is 19.1. The minimum atomic E-state index is -0.425. The molecule has 0 spiro atoms. The number of nitrogens with two attached hydrogens (primary N) is 1. The van der Waals surface area contributed by atoms with Crippen LogP contribution in [0.5, 0.6) is 0 Å². The highest BCUT2D eigenvalue weighted by Crippen LogP contribution is 2.30. The summed E-state index contributed by atoms with van der Waals surface area (Å²) in [5.41, 5.74) is 12.2. The van der Waals surface area contributed by atoms with Gasteiger partial charge in [-0.2, -0.15) is 0 Å². The first kappa shape index (κ1) is 38.2. The number of nitrogens with zero attached hydrogens (tertiary/aromatic N) is 5. The van der Waals surface area contributed by atoms with Crippen LogP contribution in [0, 0.1) is 5.82 Å². The quantitative estimate of drug-likeness (QED) is 0.0839. The molecule has 4 N–H and O–H groups in total. The third kappa shape index (κ3) is 9.05. The van der Waals surface area contributed by atoms with E-state index in [9.17, 15) is 14.4 Å². The van der Waals surface area contributed by atoms with Crippen molar-refractivity contribution in [3.63, 3.8) is 0 Å². The molecule has 2 amide bonds. The van der Waals surface area contributed by atoms with Crippen LogP contribution < -0.4 is 26.8 Å². The van der Waals surface area contributed by atoms with Crippen molar-refractivity contribution >= 4 is 57.5 Å². The minimum Gasteiger partial charge on any atom is -0.397 e. The number of carbonyl (C=O) groups excluding carboxylic acids is 2. The van der Waals surface area contributed by atoms with Crippen molar-refractivity contribution in [3.05, 3.63) is 135 Å². The lowest BCUT2D eigenvalue weighted by molar-refractivity contribution is -0.111. The number of nitrogens with one attached hydrogen (secondary N) is 2. The topological polar surface area (TPSA) is 129 Å². The van der Waals surface area contributed by atoms with Gasteiger partial charge in [-0.25, -0.2) is 9.37 Å². The molecule has 2 aliphatic heterocycles. The van der Waals surface area contributed by atoms with Crippen molar-refractivity contribution in [2.75, 3.05) is 69.3 Å². The molecule has 0 saturated carbocycles. The number of aromatic nitrogens is 2.